The second-order valence-electron chi connectivity index (χ2n) is 2.79. The average molecular weight is 226 g/mol. The maximum atomic E-state index is 11.4. The van der Waals surface area contributed by atoms with Crippen molar-refractivity contribution in [2.24, 2.45) is 0 Å². The molecule has 0 bridgehead atoms. The predicted octanol–water partition coefficient (Wildman–Crippen LogP) is 1.48. The van der Waals surface area contributed by atoms with E-state index in [1.165, 1.54) is 18.2 Å². The molecule has 0 saturated carbocycles. The van der Waals surface area contributed by atoms with Gasteiger partial charge in [0, 0.05) is 6.07 Å². The standard InChI is InChI=1S/C8H4ClN3O3/c9-8-10-6-4(7(13)11-8)2-1-3-5(6)12(14)15/h1-3H,(H,10,11,13). The molecule has 7 heteroatoms. The summed E-state index contributed by atoms with van der Waals surface area (Å²) in [6, 6.07) is 4.14. The van der Waals surface area contributed by atoms with Crippen LogP contribution >= 0.6 is 11.6 Å². The Morgan fingerprint density at radius 2 is 2.20 bits per heavy atom. The van der Waals surface area contributed by atoms with Crippen LogP contribution in [0.15, 0.2) is 23.0 Å². The molecule has 1 N–H and O–H groups in total. The van der Waals surface area contributed by atoms with Gasteiger partial charge >= 0.3 is 0 Å². The van der Waals surface area contributed by atoms with Crippen molar-refractivity contribution in [1.82, 2.24) is 9.97 Å². The van der Waals surface area contributed by atoms with Crippen molar-refractivity contribution in [2.75, 3.05) is 0 Å². The molecule has 0 radical (unpaired) electrons. The Hall–Kier alpha value is -1.95. The number of nitro benzene ring substituents is 1. The van der Waals surface area contributed by atoms with Gasteiger partial charge in [-0.2, -0.15) is 0 Å². The van der Waals surface area contributed by atoms with E-state index in [-0.39, 0.29) is 21.9 Å². The van der Waals surface area contributed by atoms with Crippen molar-refractivity contribution in [3.05, 3.63) is 44.0 Å². The lowest BCUT2D eigenvalue weighted by molar-refractivity contribution is -0.383. The molecule has 1 aromatic carbocycles. The molecule has 0 amide bonds. The van der Waals surface area contributed by atoms with Gasteiger partial charge in [0.05, 0.1) is 10.3 Å². The van der Waals surface area contributed by atoms with Crippen LogP contribution in [0.3, 0.4) is 0 Å². The number of H-pyrrole nitrogens is 1. The van der Waals surface area contributed by atoms with Crippen LogP contribution in [0.25, 0.3) is 10.9 Å². The van der Waals surface area contributed by atoms with Gasteiger partial charge in [0.15, 0.2) is 5.52 Å². The number of benzene rings is 1. The minimum Gasteiger partial charge on any atom is -0.297 e. The van der Waals surface area contributed by atoms with Crippen molar-refractivity contribution in [3.63, 3.8) is 0 Å². The van der Waals surface area contributed by atoms with Gasteiger partial charge in [-0.25, -0.2) is 4.98 Å². The summed E-state index contributed by atoms with van der Waals surface area (Å²) in [4.78, 5) is 27.4. The number of nitro groups is 1. The van der Waals surface area contributed by atoms with Crippen LogP contribution in [0.2, 0.25) is 5.28 Å². The van der Waals surface area contributed by atoms with Crippen LogP contribution in [-0.2, 0) is 0 Å². The minimum absolute atomic E-state index is 0.00347. The highest BCUT2D eigenvalue weighted by Gasteiger charge is 2.14. The first-order valence-corrected chi connectivity index (χ1v) is 4.30. The molecule has 0 fully saturated rings. The normalized spacial score (nSPS) is 10.5. The molecule has 0 aliphatic heterocycles. The molecular weight excluding hydrogens is 222 g/mol. The number of rotatable bonds is 1. The molecule has 0 unspecified atom stereocenters. The van der Waals surface area contributed by atoms with Gasteiger partial charge in [-0.15, -0.1) is 0 Å². The molecular formula is C8H4ClN3O3. The lowest BCUT2D eigenvalue weighted by Gasteiger charge is -1.97. The summed E-state index contributed by atoms with van der Waals surface area (Å²) in [5.41, 5.74) is -0.731. The van der Waals surface area contributed by atoms with Crippen molar-refractivity contribution in [2.45, 2.75) is 0 Å². The van der Waals surface area contributed by atoms with Crippen molar-refractivity contribution in [1.29, 1.82) is 0 Å². The van der Waals surface area contributed by atoms with Crippen molar-refractivity contribution in [3.8, 4) is 0 Å². The van der Waals surface area contributed by atoms with Gasteiger partial charge in [0.1, 0.15) is 0 Å². The Labute approximate surface area is 87.7 Å². The van der Waals surface area contributed by atoms with Gasteiger partial charge in [0.25, 0.3) is 11.2 Å². The monoisotopic (exact) mass is 225 g/mol. The molecule has 2 aromatic rings. The van der Waals surface area contributed by atoms with E-state index in [1.807, 2.05) is 0 Å². The summed E-state index contributed by atoms with van der Waals surface area (Å²) >= 11 is 5.51. The van der Waals surface area contributed by atoms with Gasteiger partial charge in [-0.05, 0) is 17.7 Å². The molecule has 15 heavy (non-hydrogen) atoms. The molecule has 2 rings (SSSR count). The molecule has 0 atom stereocenters. The molecule has 1 aromatic heterocycles. The highest BCUT2D eigenvalue weighted by atomic mass is 35.5. The lowest BCUT2D eigenvalue weighted by atomic mass is 10.2. The van der Waals surface area contributed by atoms with E-state index in [1.54, 1.807) is 0 Å². The molecule has 76 valence electrons. The number of nitrogens with one attached hydrogen (secondary N) is 1. The van der Waals surface area contributed by atoms with Crippen LogP contribution < -0.4 is 5.56 Å². The Kier molecular flexibility index (Phi) is 2.12. The molecule has 0 aliphatic carbocycles. The maximum Gasteiger partial charge on any atom is 0.295 e. The van der Waals surface area contributed by atoms with E-state index < -0.39 is 10.5 Å². The molecule has 6 nitrogen and oxygen atoms in total. The van der Waals surface area contributed by atoms with E-state index in [4.69, 9.17) is 11.6 Å². The second-order valence-corrected chi connectivity index (χ2v) is 3.15. The number of aromatic amines is 1. The predicted molar refractivity (Wildman–Crippen MR) is 54.0 cm³/mol. The fraction of sp³-hybridized carbons (Fsp3) is 0. The zero-order chi connectivity index (χ0) is 11.0. The fourth-order valence-electron chi connectivity index (χ4n) is 1.27. The van der Waals surface area contributed by atoms with E-state index in [9.17, 15) is 14.9 Å². The summed E-state index contributed by atoms with van der Waals surface area (Å²) in [6.07, 6.45) is 0. The van der Waals surface area contributed by atoms with Crippen LogP contribution in [-0.4, -0.2) is 14.9 Å². The molecule has 0 spiro atoms. The number of para-hydroxylation sites is 1. The van der Waals surface area contributed by atoms with Crippen LogP contribution in [0.5, 0.6) is 0 Å². The number of fused-ring (bicyclic) bond motifs is 1. The van der Waals surface area contributed by atoms with E-state index >= 15 is 0 Å². The minimum atomic E-state index is -0.606. The molecule has 0 aliphatic rings. The number of non-ortho nitro benzene ring substituents is 1. The average Bonchev–Trinajstić information content (AvgIpc) is 2.16. The number of hydrogen-bond donors (Lipinski definition) is 1. The summed E-state index contributed by atoms with van der Waals surface area (Å²) < 4.78 is 0. The van der Waals surface area contributed by atoms with Crippen LogP contribution in [0.1, 0.15) is 0 Å². The van der Waals surface area contributed by atoms with Crippen LogP contribution in [0.4, 0.5) is 5.69 Å². The quantitative estimate of drug-likeness (QED) is 0.452. The first kappa shape index (κ1) is 9.60. The van der Waals surface area contributed by atoms with Crippen molar-refractivity contribution >= 4 is 28.2 Å². The molecule has 1 heterocycles. The van der Waals surface area contributed by atoms with E-state index in [0.717, 1.165) is 0 Å². The third-order valence-electron chi connectivity index (χ3n) is 1.88. The first-order valence-electron chi connectivity index (χ1n) is 3.92. The number of aromatic nitrogens is 2. The maximum absolute atomic E-state index is 11.4. The first-order chi connectivity index (χ1) is 7.09. The Morgan fingerprint density at radius 1 is 1.47 bits per heavy atom. The topological polar surface area (TPSA) is 88.9 Å². The van der Waals surface area contributed by atoms with Gasteiger partial charge in [-0.1, -0.05) is 6.07 Å². The summed E-state index contributed by atoms with van der Waals surface area (Å²) in [7, 11) is 0. The lowest BCUT2D eigenvalue weighted by Crippen LogP contribution is -2.08. The van der Waals surface area contributed by atoms with Crippen molar-refractivity contribution < 1.29 is 4.92 Å². The van der Waals surface area contributed by atoms with Gasteiger partial charge < -0.3 is 0 Å². The van der Waals surface area contributed by atoms with Crippen LogP contribution in [0, 0.1) is 10.1 Å². The zero-order valence-electron chi connectivity index (χ0n) is 7.23. The summed E-state index contributed by atoms with van der Waals surface area (Å²) in [6.45, 7) is 0. The number of nitrogens with zero attached hydrogens (tertiary/aromatic N) is 2. The largest absolute Gasteiger partial charge is 0.297 e. The SMILES string of the molecule is O=c1[nH]c(Cl)nc2c([N+](=O)[O-])cccc12. The highest BCUT2D eigenvalue weighted by molar-refractivity contribution is 6.28. The Bertz CT molecular complexity index is 608. The van der Waals surface area contributed by atoms with E-state index in [0.29, 0.717) is 0 Å². The Morgan fingerprint density at radius 3 is 2.87 bits per heavy atom. The van der Waals surface area contributed by atoms with E-state index in [2.05, 4.69) is 9.97 Å². The van der Waals surface area contributed by atoms with Gasteiger partial charge in [-0.3, -0.25) is 19.9 Å². The fourth-order valence-corrected chi connectivity index (χ4v) is 1.44. The smallest absolute Gasteiger partial charge is 0.295 e. The third-order valence-corrected chi connectivity index (χ3v) is 2.06. The second kappa shape index (κ2) is 3.32. The molecule has 0 saturated heterocycles. The van der Waals surface area contributed by atoms with Gasteiger partial charge in [0.2, 0.25) is 5.28 Å². The summed E-state index contributed by atoms with van der Waals surface area (Å²) in [5, 5.41) is 10.6. The third kappa shape index (κ3) is 1.55. The summed E-state index contributed by atoms with van der Waals surface area (Å²) in [5.74, 6) is 0. The number of halogens is 1. The zero-order valence-corrected chi connectivity index (χ0v) is 7.99. The Balaban J connectivity index is 2.97. The highest BCUT2D eigenvalue weighted by Crippen LogP contribution is 2.21. The number of hydrogen-bond acceptors (Lipinski definition) is 4.